The molecule has 6 heteroatoms. The molecule has 0 saturated heterocycles. The molecule has 1 heterocycles. The van der Waals surface area contributed by atoms with Crippen LogP contribution in [0.25, 0.3) is 5.69 Å². The zero-order valence-electron chi connectivity index (χ0n) is 11.3. The van der Waals surface area contributed by atoms with E-state index in [-0.39, 0.29) is 11.6 Å². The summed E-state index contributed by atoms with van der Waals surface area (Å²) in [7, 11) is 1.69. The van der Waals surface area contributed by atoms with Crippen molar-refractivity contribution in [1.82, 2.24) is 20.0 Å². The van der Waals surface area contributed by atoms with Gasteiger partial charge in [-0.2, -0.15) is 9.97 Å². The van der Waals surface area contributed by atoms with E-state index in [1.165, 1.54) is 4.57 Å². The third-order valence-electron chi connectivity index (χ3n) is 2.83. The van der Waals surface area contributed by atoms with Crippen LogP contribution in [0.1, 0.15) is 18.3 Å². The predicted octanol–water partition coefficient (Wildman–Crippen LogP) is 1.04. The number of anilines is 1. The maximum Gasteiger partial charge on any atom is 0.356 e. The van der Waals surface area contributed by atoms with Crippen LogP contribution >= 0.6 is 0 Å². The lowest BCUT2D eigenvalue weighted by Crippen LogP contribution is -2.29. The molecule has 19 heavy (non-hydrogen) atoms. The summed E-state index contributed by atoms with van der Waals surface area (Å²) in [4.78, 5) is 20.3. The van der Waals surface area contributed by atoms with Gasteiger partial charge >= 0.3 is 5.69 Å². The van der Waals surface area contributed by atoms with Gasteiger partial charge in [-0.15, -0.1) is 0 Å². The maximum absolute atomic E-state index is 12.1. The minimum Gasteiger partial charge on any atom is -0.290 e. The molecule has 0 saturated carbocycles. The highest BCUT2D eigenvalue weighted by atomic mass is 16.1. The second kappa shape index (κ2) is 5.62. The fourth-order valence-corrected chi connectivity index (χ4v) is 1.98. The molecule has 0 amide bonds. The Kier molecular flexibility index (Phi) is 3.91. The lowest BCUT2D eigenvalue weighted by Gasteiger charge is -2.13. The molecule has 1 aromatic heterocycles. The Bertz CT molecular complexity index is 635. The highest BCUT2D eigenvalue weighted by Gasteiger charge is 2.10. The van der Waals surface area contributed by atoms with Crippen molar-refractivity contribution in [3.8, 4) is 5.69 Å². The number of nitrogens with zero attached hydrogens (tertiary/aromatic N) is 3. The van der Waals surface area contributed by atoms with Gasteiger partial charge in [-0.3, -0.25) is 5.43 Å². The molecule has 2 aromatic rings. The normalized spacial score (nSPS) is 10.5. The molecule has 0 bridgehead atoms. The van der Waals surface area contributed by atoms with E-state index in [9.17, 15) is 4.79 Å². The minimum absolute atomic E-state index is 0.273. The highest BCUT2D eigenvalue weighted by Crippen LogP contribution is 2.14. The smallest absolute Gasteiger partial charge is 0.290 e. The van der Waals surface area contributed by atoms with Gasteiger partial charge in [0.2, 0.25) is 5.95 Å². The van der Waals surface area contributed by atoms with Gasteiger partial charge in [0, 0.05) is 7.05 Å². The fraction of sp³-hybridized carbons (Fsp3) is 0.308. The number of nitrogens with one attached hydrogen (secondary N) is 2. The molecule has 0 fully saturated rings. The number of hydrogen-bond donors (Lipinski definition) is 2. The highest BCUT2D eigenvalue weighted by molar-refractivity contribution is 5.42. The quantitative estimate of drug-likeness (QED) is 0.803. The van der Waals surface area contributed by atoms with Crippen molar-refractivity contribution in [3.05, 3.63) is 46.1 Å². The first kappa shape index (κ1) is 13.2. The number of benzene rings is 1. The van der Waals surface area contributed by atoms with E-state index in [1.54, 1.807) is 14.0 Å². The van der Waals surface area contributed by atoms with E-state index in [0.29, 0.717) is 5.82 Å². The Morgan fingerprint density at radius 2 is 2.00 bits per heavy atom. The lowest BCUT2D eigenvalue weighted by atomic mass is 10.1. The third kappa shape index (κ3) is 2.63. The van der Waals surface area contributed by atoms with E-state index in [4.69, 9.17) is 0 Å². The SMILES string of the molecule is CCc1ccccc1-n1c(C)nc(NNC)nc1=O. The minimum atomic E-state index is -0.342. The molecule has 2 N–H and O–H groups in total. The Balaban J connectivity index is 2.60. The van der Waals surface area contributed by atoms with Gasteiger partial charge in [0.15, 0.2) is 0 Å². The van der Waals surface area contributed by atoms with Gasteiger partial charge in [-0.1, -0.05) is 25.1 Å². The van der Waals surface area contributed by atoms with E-state index >= 15 is 0 Å². The van der Waals surface area contributed by atoms with Crippen LogP contribution in [0.15, 0.2) is 29.1 Å². The Morgan fingerprint density at radius 3 is 2.63 bits per heavy atom. The molecule has 0 aliphatic carbocycles. The monoisotopic (exact) mass is 259 g/mol. The number of rotatable bonds is 4. The summed E-state index contributed by atoms with van der Waals surface area (Å²) < 4.78 is 1.53. The second-order valence-electron chi connectivity index (χ2n) is 4.07. The first-order valence-electron chi connectivity index (χ1n) is 6.16. The van der Waals surface area contributed by atoms with Crippen LogP contribution in [0.4, 0.5) is 5.95 Å². The summed E-state index contributed by atoms with van der Waals surface area (Å²) in [5.41, 5.74) is 6.99. The maximum atomic E-state index is 12.1. The largest absolute Gasteiger partial charge is 0.356 e. The first-order chi connectivity index (χ1) is 9.17. The van der Waals surface area contributed by atoms with Gasteiger partial charge in [0.1, 0.15) is 5.82 Å². The number of hydrogen-bond acceptors (Lipinski definition) is 5. The molecule has 2 rings (SSSR count). The van der Waals surface area contributed by atoms with Crippen LogP contribution in [0.3, 0.4) is 0 Å². The molecule has 6 nitrogen and oxygen atoms in total. The zero-order valence-corrected chi connectivity index (χ0v) is 11.3. The Morgan fingerprint density at radius 1 is 1.26 bits per heavy atom. The number of para-hydroxylation sites is 1. The van der Waals surface area contributed by atoms with Crippen molar-refractivity contribution in [2.45, 2.75) is 20.3 Å². The van der Waals surface area contributed by atoms with Gasteiger partial charge in [-0.05, 0) is 25.0 Å². The van der Waals surface area contributed by atoms with Gasteiger partial charge in [0.05, 0.1) is 5.69 Å². The number of aromatic nitrogens is 3. The van der Waals surface area contributed by atoms with Crippen LogP contribution < -0.4 is 16.5 Å². The summed E-state index contributed by atoms with van der Waals surface area (Å²) in [6.07, 6.45) is 0.846. The Labute approximate surface area is 111 Å². The zero-order chi connectivity index (χ0) is 13.8. The average molecular weight is 259 g/mol. The molecule has 100 valence electrons. The Hall–Kier alpha value is -2.21. The molecular weight excluding hydrogens is 242 g/mol. The van der Waals surface area contributed by atoms with Crippen LogP contribution in [0.2, 0.25) is 0 Å². The van der Waals surface area contributed by atoms with Crippen molar-refractivity contribution in [2.24, 2.45) is 0 Å². The standard InChI is InChI=1S/C13H17N5O/c1-4-10-7-5-6-8-11(10)18-9(2)15-12(17-14-3)16-13(18)19/h5-8,14H,4H2,1-3H3,(H,16,17,19). The van der Waals surface area contributed by atoms with Crippen molar-refractivity contribution in [2.75, 3.05) is 12.5 Å². The summed E-state index contributed by atoms with van der Waals surface area (Å²) in [6, 6.07) is 7.77. The predicted molar refractivity (Wildman–Crippen MR) is 74.4 cm³/mol. The van der Waals surface area contributed by atoms with Gasteiger partial charge < -0.3 is 0 Å². The molecule has 0 aliphatic heterocycles. The molecule has 1 aromatic carbocycles. The van der Waals surface area contributed by atoms with Crippen LogP contribution in [0, 0.1) is 6.92 Å². The average Bonchev–Trinajstić information content (AvgIpc) is 2.39. The molecule has 0 unspecified atom stereocenters. The van der Waals surface area contributed by atoms with Crippen LogP contribution in [-0.4, -0.2) is 21.6 Å². The molecular formula is C13H17N5O. The summed E-state index contributed by atoms with van der Waals surface area (Å²) in [5, 5.41) is 0. The summed E-state index contributed by atoms with van der Waals surface area (Å²) in [5.74, 6) is 0.869. The molecule has 0 spiro atoms. The first-order valence-corrected chi connectivity index (χ1v) is 6.16. The molecule has 0 radical (unpaired) electrons. The van der Waals surface area contributed by atoms with Crippen molar-refractivity contribution < 1.29 is 0 Å². The van der Waals surface area contributed by atoms with Crippen LogP contribution in [0.5, 0.6) is 0 Å². The third-order valence-corrected chi connectivity index (χ3v) is 2.83. The van der Waals surface area contributed by atoms with E-state index in [1.807, 2.05) is 24.3 Å². The fourth-order valence-electron chi connectivity index (χ4n) is 1.98. The van der Waals surface area contributed by atoms with Crippen molar-refractivity contribution in [1.29, 1.82) is 0 Å². The molecule has 0 aliphatic rings. The van der Waals surface area contributed by atoms with E-state index < -0.39 is 0 Å². The van der Waals surface area contributed by atoms with Crippen molar-refractivity contribution in [3.63, 3.8) is 0 Å². The van der Waals surface area contributed by atoms with Crippen LogP contribution in [-0.2, 0) is 6.42 Å². The number of hydrazine groups is 1. The van der Waals surface area contributed by atoms with E-state index in [0.717, 1.165) is 17.7 Å². The van der Waals surface area contributed by atoms with Crippen molar-refractivity contribution >= 4 is 5.95 Å². The summed E-state index contributed by atoms with van der Waals surface area (Å²) in [6.45, 7) is 3.84. The second-order valence-corrected chi connectivity index (χ2v) is 4.07. The van der Waals surface area contributed by atoms with E-state index in [2.05, 4.69) is 27.7 Å². The topological polar surface area (TPSA) is 71.8 Å². The molecule has 0 atom stereocenters. The summed E-state index contributed by atoms with van der Waals surface area (Å²) >= 11 is 0. The van der Waals surface area contributed by atoms with Gasteiger partial charge in [0.25, 0.3) is 0 Å². The number of aryl methyl sites for hydroxylation is 2. The lowest BCUT2D eigenvalue weighted by molar-refractivity contribution is 0.789. The van der Waals surface area contributed by atoms with Gasteiger partial charge in [-0.25, -0.2) is 14.8 Å².